The molecule has 0 bridgehead atoms. The molecule has 2 heteroatoms. The van der Waals surface area contributed by atoms with Crippen LogP contribution in [0.25, 0.3) is 0 Å². The molecule has 0 radical (unpaired) electrons. The van der Waals surface area contributed by atoms with Crippen molar-refractivity contribution < 1.29 is 0 Å². The van der Waals surface area contributed by atoms with Gasteiger partial charge >= 0.3 is 0 Å². The highest BCUT2D eigenvalue weighted by Crippen LogP contribution is 2.29. The lowest BCUT2D eigenvalue weighted by molar-refractivity contribution is 0.0778. The number of hydrogen-bond acceptors (Lipinski definition) is 2. The molecule has 2 rings (SSSR count). The van der Waals surface area contributed by atoms with E-state index in [1.165, 1.54) is 38.6 Å². The maximum atomic E-state index is 8.94. The third-order valence-corrected chi connectivity index (χ3v) is 3.24. The average Bonchev–Trinajstić information content (AvgIpc) is 2.17. The summed E-state index contributed by atoms with van der Waals surface area (Å²) in [5.41, 5.74) is 0. The van der Waals surface area contributed by atoms with Crippen LogP contribution < -0.4 is 0 Å². The van der Waals surface area contributed by atoms with Gasteiger partial charge in [0.15, 0.2) is 0 Å². The zero-order chi connectivity index (χ0) is 8.39. The lowest BCUT2D eigenvalue weighted by Crippen LogP contribution is -2.48. The van der Waals surface area contributed by atoms with Crippen LogP contribution in [-0.4, -0.2) is 23.5 Å². The van der Waals surface area contributed by atoms with E-state index < -0.39 is 0 Å². The van der Waals surface area contributed by atoms with E-state index in [1.54, 1.807) is 0 Å². The predicted octanol–water partition coefficient (Wildman–Crippen LogP) is 1.92. The van der Waals surface area contributed by atoms with E-state index in [4.69, 9.17) is 5.26 Å². The van der Waals surface area contributed by atoms with E-state index in [0.717, 1.165) is 12.5 Å². The first-order valence-electron chi connectivity index (χ1n) is 5.07. The van der Waals surface area contributed by atoms with Crippen LogP contribution in [0.15, 0.2) is 0 Å². The van der Waals surface area contributed by atoms with E-state index in [-0.39, 0.29) is 6.04 Å². The monoisotopic (exact) mass is 164 g/mol. The molecule has 0 aromatic rings. The average molecular weight is 164 g/mol. The van der Waals surface area contributed by atoms with Gasteiger partial charge in [0.05, 0.1) is 12.1 Å². The minimum Gasteiger partial charge on any atom is -0.285 e. The van der Waals surface area contributed by atoms with Crippen LogP contribution in [0.3, 0.4) is 0 Å². The Balaban J connectivity index is 2.05. The van der Waals surface area contributed by atoms with Crippen molar-refractivity contribution >= 4 is 0 Å². The highest BCUT2D eigenvalue weighted by Gasteiger charge is 2.31. The van der Waals surface area contributed by atoms with E-state index in [1.807, 2.05) is 0 Å². The largest absolute Gasteiger partial charge is 0.285 e. The third kappa shape index (κ3) is 1.34. The fraction of sp³-hybridized carbons (Fsp3) is 0.900. The first kappa shape index (κ1) is 8.07. The molecule has 0 N–H and O–H groups in total. The number of hydrogen-bond donors (Lipinski definition) is 0. The summed E-state index contributed by atoms with van der Waals surface area (Å²) in [5.74, 6) is 0. The van der Waals surface area contributed by atoms with Gasteiger partial charge in [-0.15, -0.1) is 0 Å². The summed E-state index contributed by atoms with van der Waals surface area (Å²) in [4.78, 5) is 2.44. The van der Waals surface area contributed by atoms with Crippen LogP contribution in [-0.2, 0) is 0 Å². The SMILES string of the molecule is N#C[C@H]1CCC[C@H]2CCCCN21. The van der Waals surface area contributed by atoms with Crippen molar-refractivity contribution in [1.82, 2.24) is 4.90 Å². The first-order valence-corrected chi connectivity index (χ1v) is 5.07. The fourth-order valence-corrected chi connectivity index (χ4v) is 2.59. The van der Waals surface area contributed by atoms with Crippen molar-refractivity contribution in [3.05, 3.63) is 0 Å². The van der Waals surface area contributed by atoms with Crippen molar-refractivity contribution in [2.45, 2.75) is 50.6 Å². The molecule has 0 aliphatic carbocycles. The maximum absolute atomic E-state index is 8.94. The molecule has 0 saturated carbocycles. The van der Waals surface area contributed by atoms with Gasteiger partial charge in [0.1, 0.15) is 0 Å². The lowest BCUT2D eigenvalue weighted by Gasteiger charge is -2.42. The van der Waals surface area contributed by atoms with Gasteiger partial charge in [-0.1, -0.05) is 6.42 Å². The summed E-state index contributed by atoms with van der Waals surface area (Å²) in [6.07, 6.45) is 7.71. The Hall–Kier alpha value is -0.550. The molecule has 12 heavy (non-hydrogen) atoms. The smallest absolute Gasteiger partial charge is 0.0980 e. The number of rotatable bonds is 0. The molecule has 0 aromatic carbocycles. The summed E-state index contributed by atoms with van der Waals surface area (Å²) >= 11 is 0. The second kappa shape index (κ2) is 3.45. The van der Waals surface area contributed by atoms with Crippen molar-refractivity contribution in [3.8, 4) is 6.07 Å². The Bertz CT molecular complexity index is 193. The van der Waals surface area contributed by atoms with E-state index in [9.17, 15) is 0 Å². The molecule has 2 saturated heterocycles. The maximum Gasteiger partial charge on any atom is 0.0980 e. The number of piperidine rings is 2. The van der Waals surface area contributed by atoms with Crippen LogP contribution in [0.1, 0.15) is 38.5 Å². The second-order valence-corrected chi connectivity index (χ2v) is 3.96. The third-order valence-electron chi connectivity index (χ3n) is 3.24. The molecule has 66 valence electrons. The van der Waals surface area contributed by atoms with E-state index in [0.29, 0.717) is 0 Å². The first-order chi connectivity index (χ1) is 5.92. The van der Waals surface area contributed by atoms with Crippen molar-refractivity contribution in [3.63, 3.8) is 0 Å². The number of nitrogens with zero attached hydrogens (tertiary/aromatic N) is 2. The van der Waals surface area contributed by atoms with E-state index >= 15 is 0 Å². The Kier molecular flexibility index (Phi) is 2.32. The molecule has 2 nitrogen and oxygen atoms in total. The molecule has 2 fully saturated rings. The van der Waals surface area contributed by atoms with Crippen LogP contribution in [0.5, 0.6) is 0 Å². The molecule has 0 unspecified atom stereocenters. The van der Waals surface area contributed by atoms with Crippen molar-refractivity contribution in [1.29, 1.82) is 5.26 Å². The van der Waals surface area contributed by atoms with Crippen molar-refractivity contribution in [2.75, 3.05) is 6.54 Å². The molecule has 0 aromatic heterocycles. The molecule has 2 atom stereocenters. The molecule has 0 amide bonds. The minimum absolute atomic E-state index is 0.240. The van der Waals surface area contributed by atoms with Crippen LogP contribution in [0.2, 0.25) is 0 Å². The summed E-state index contributed by atoms with van der Waals surface area (Å²) < 4.78 is 0. The number of nitriles is 1. The van der Waals surface area contributed by atoms with Gasteiger partial charge in [-0.3, -0.25) is 4.90 Å². The van der Waals surface area contributed by atoms with Gasteiger partial charge in [0.25, 0.3) is 0 Å². The summed E-state index contributed by atoms with van der Waals surface area (Å²) in [6, 6.07) is 3.42. The van der Waals surface area contributed by atoms with E-state index in [2.05, 4.69) is 11.0 Å². The molecule has 2 aliphatic heterocycles. The number of fused-ring (bicyclic) bond motifs is 1. The highest BCUT2D eigenvalue weighted by molar-refractivity contribution is 4.98. The van der Waals surface area contributed by atoms with Crippen LogP contribution in [0, 0.1) is 11.3 Å². The highest BCUT2D eigenvalue weighted by atomic mass is 15.2. The standard InChI is InChI=1S/C10H16N2/c11-8-10-6-3-5-9-4-1-2-7-12(9)10/h9-10H,1-7H2/t9-,10-/m1/s1. The van der Waals surface area contributed by atoms with Gasteiger partial charge in [-0.2, -0.15) is 5.26 Å². The van der Waals surface area contributed by atoms with Gasteiger partial charge in [0.2, 0.25) is 0 Å². The molecular formula is C10H16N2. The lowest BCUT2D eigenvalue weighted by atomic mass is 9.89. The topological polar surface area (TPSA) is 27.0 Å². The Labute approximate surface area is 74.2 Å². The van der Waals surface area contributed by atoms with Gasteiger partial charge in [-0.05, 0) is 38.6 Å². The van der Waals surface area contributed by atoms with Crippen LogP contribution >= 0.6 is 0 Å². The van der Waals surface area contributed by atoms with Gasteiger partial charge in [0, 0.05) is 6.04 Å². The molecule has 2 aliphatic rings. The van der Waals surface area contributed by atoms with Gasteiger partial charge in [-0.25, -0.2) is 0 Å². The molecule has 0 spiro atoms. The molecule has 2 heterocycles. The van der Waals surface area contributed by atoms with Crippen LogP contribution in [0.4, 0.5) is 0 Å². The second-order valence-electron chi connectivity index (χ2n) is 3.96. The summed E-state index contributed by atoms with van der Waals surface area (Å²) in [6.45, 7) is 1.17. The van der Waals surface area contributed by atoms with Crippen molar-refractivity contribution in [2.24, 2.45) is 0 Å². The Morgan fingerprint density at radius 3 is 2.75 bits per heavy atom. The molecular weight excluding hydrogens is 148 g/mol. The quantitative estimate of drug-likeness (QED) is 0.547. The summed E-state index contributed by atoms with van der Waals surface area (Å²) in [5, 5.41) is 8.94. The zero-order valence-corrected chi connectivity index (χ0v) is 7.50. The normalized spacial score (nSPS) is 36.9. The van der Waals surface area contributed by atoms with Gasteiger partial charge < -0.3 is 0 Å². The zero-order valence-electron chi connectivity index (χ0n) is 7.50. The summed E-state index contributed by atoms with van der Waals surface area (Å²) in [7, 11) is 0. The Morgan fingerprint density at radius 1 is 1.08 bits per heavy atom. The fourth-order valence-electron chi connectivity index (χ4n) is 2.59. The predicted molar refractivity (Wildman–Crippen MR) is 47.6 cm³/mol. The minimum atomic E-state index is 0.240. The Morgan fingerprint density at radius 2 is 1.92 bits per heavy atom.